The lowest BCUT2D eigenvalue weighted by Crippen LogP contribution is -2.38. The van der Waals surface area contributed by atoms with Gasteiger partial charge in [-0.1, -0.05) is 28.1 Å². The highest BCUT2D eigenvalue weighted by Crippen LogP contribution is 2.34. The number of fused-ring (bicyclic) bond motifs is 1. The number of benzene rings is 2. The molecular formula is C19H19BrN2O5. The number of nitro benzene ring substituents is 1. The van der Waals surface area contributed by atoms with E-state index in [1.54, 1.807) is 6.07 Å². The van der Waals surface area contributed by atoms with Crippen LogP contribution in [-0.4, -0.2) is 36.3 Å². The Morgan fingerprint density at radius 3 is 2.85 bits per heavy atom. The maximum absolute atomic E-state index is 11.3. The van der Waals surface area contributed by atoms with Crippen molar-refractivity contribution in [2.24, 2.45) is 0 Å². The number of non-ortho nitro benzene ring substituents is 1. The fraction of sp³-hybridized carbons (Fsp3) is 0.368. The second-order valence-electron chi connectivity index (χ2n) is 6.61. The number of halogens is 1. The summed E-state index contributed by atoms with van der Waals surface area (Å²) in [5, 5.41) is 11.3. The number of rotatable bonds is 4. The first kappa shape index (κ1) is 18.4. The summed E-state index contributed by atoms with van der Waals surface area (Å²) in [6.07, 6.45) is -0.0226. The van der Waals surface area contributed by atoms with Gasteiger partial charge in [-0.05, 0) is 17.7 Å². The highest BCUT2D eigenvalue weighted by atomic mass is 79.9. The third-order valence-electron chi connectivity index (χ3n) is 4.77. The quantitative estimate of drug-likeness (QED) is 0.538. The van der Waals surface area contributed by atoms with Crippen LogP contribution in [0.4, 0.5) is 5.69 Å². The standard InChI is InChI=1S/C19H19BrN2O5/c20-16-3-1-13(2-4-16)18-10-21(5-6-26-18)9-14-7-17(22(23)24)8-15-11-25-12-27-19(14)15/h1-4,7-8,18H,5-6,9-12H2. The van der Waals surface area contributed by atoms with Crippen LogP contribution in [0.1, 0.15) is 22.8 Å². The number of morpholine rings is 1. The molecule has 1 atom stereocenters. The summed E-state index contributed by atoms with van der Waals surface area (Å²) in [4.78, 5) is 13.2. The van der Waals surface area contributed by atoms with Gasteiger partial charge in [0.2, 0.25) is 0 Å². The van der Waals surface area contributed by atoms with Crippen LogP contribution < -0.4 is 4.74 Å². The molecule has 4 rings (SSSR count). The Morgan fingerprint density at radius 2 is 2.07 bits per heavy atom. The molecule has 0 spiro atoms. The van der Waals surface area contributed by atoms with Crippen molar-refractivity contribution in [3.63, 3.8) is 0 Å². The van der Waals surface area contributed by atoms with Crippen LogP contribution in [0.25, 0.3) is 0 Å². The first-order valence-electron chi connectivity index (χ1n) is 8.70. The molecular weight excluding hydrogens is 416 g/mol. The molecule has 0 saturated carbocycles. The molecule has 2 heterocycles. The zero-order valence-corrected chi connectivity index (χ0v) is 16.2. The van der Waals surface area contributed by atoms with Crippen molar-refractivity contribution in [3.8, 4) is 5.75 Å². The summed E-state index contributed by atoms with van der Waals surface area (Å²) >= 11 is 3.45. The van der Waals surface area contributed by atoms with Gasteiger partial charge < -0.3 is 14.2 Å². The second kappa shape index (κ2) is 7.93. The summed E-state index contributed by atoms with van der Waals surface area (Å²) in [7, 11) is 0. The molecule has 2 aliphatic heterocycles. The van der Waals surface area contributed by atoms with Gasteiger partial charge in [-0.3, -0.25) is 15.0 Å². The van der Waals surface area contributed by atoms with Gasteiger partial charge in [-0.25, -0.2) is 0 Å². The molecule has 8 heteroatoms. The molecule has 0 N–H and O–H groups in total. The molecule has 1 saturated heterocycles. The highest BCUT2D eigenvalue weighted by Gasteiger charge is 2.26. The van der Waals surface area contributed by atoms with Crippen molar-refractivity contribution in [2.45, 2.75) is 19.3 Å². The first-order valence-corrected chi connectivity index (χ1v) is 9.49. The highest BCUT2D eigenvalue weighted by molar-refractivity contribution is 9.10. The molecule has 2 aromatic carbocycles. The third-order valence-corrected chi connectivity index (χ3v) is 5.30. The molecule has 0 radical (unpaired) electrons. The summed E-state index contributed by atoms with van der Waals surface area (Å²) in [6.45, 7) is 3.16. The van der Waals surface area contributed by atoms with Crippen molar-refractivity contribution in [1.29, 1.82) is 0 Å². The van der Waals surface area contributed by atoms with Gasteiger partial charge in [0.1, 0.15) is 5.75 Å². The maximum atomic E-state index is 11.3. The normalized spacial score (nSPS) is 20.0. The molecule has 27 heavy (non-hydrogen) atoms. The molecule has 0 amide bonds. The van der Waals surface area contributed by atoms with E-state index in [9.17, 15) is 10.1 Å². The predicted octanol–water partition coefficient (Wildman–Crippen LogP) is 3.80. The molecule has 0 aliphatic carbocycles. The van der Waals surface area contributed by atoms with Gasteiger partial charge in [0.05, 0.1) is 24.2 Å². The molecule has 2 aromatic rings. The fourth-order valence-electron chi connectivity index (χ4n) is 3.47. The van der Waals surface area contributed by atoms with E-state index >= 15 is 0 Å². The molecule has 1 unspecified atom stereocenters. The Bertz CT molecular complexity index is 843. The average molecular weight is 435 g/mol. The van der Waals surface area contributed by atoms with Gasteiger partial charge in [0.25, 0.3) is 5.69 Å². The van der Waals surface area contributed by atoms with E-state index < -0.39 is 0 Å². The smallest absolute Gasteiger partial charge is 0.270 e. The molecule has 2 aliphatic rings. The Morgan fingerprint density at radius 1 is 1.26 bits per heavy atom. The van der Waals surface area contributed by atoms with Crippen LogP contribution in [0.5, 0.6) is 5.75 Å². The lowest BCUT2D eigenvalue weighted by Gasteiger charge is -2.34. The summed E-state index contributed by atoms with van der Waals surface area (Å²) < 4.78 is 17.9. The summed E-state index contributed by atoms with van der Waals surface area (Å²) in [5.41, 5.74) is 2.73. The monoisotopic (exact) mass is 434 g/mol. The van der Waals surface area contributed by atoms with Crippen LogP contribution in [0.15, 0.2) is 40.9 Å². The minimum atomic E-state index is -0.373. The summed E-state index contributed by atoms with van der Waals surface area (Å²) in [5.74, 6) is 0.707. The van der Waals surface area contributed by atoms with Crippen molar-refractivity contribution in [1.82, 2.24) is 4.90 Å². The van der Waals surface area contributed by atoms with E-state index in [0.29, 0.717) is 25.5 Å². The number of hydrogen-bond acceptors (Lipinski definition) is 6. The van der Waals surface area contributed by atoms with Crippen molar-refractivity contribution < 1.29 is 19.1 Å². The van der Waals surface area contributed by atoms with Crippen molar-refractivity contribution >= 4 is 21.6 Å². The zero-order chi connectivity index (χ0) is 18.8. The largest absolute Gasteiger partial charge is 0.467 e. The average Bonchev–Trinajstić information content (AvgIpc) is 2.68. The van der Waals surface area contributed by atoms with Crippen LogP contribution in [0.3, 0.4) is 0 Å². The first-order chi connectivity index (χ1) is 13.1. The predicted molar refractivity (Wildman–Crippen MR) is 101 cm³/mol. The minimum absolute atomic E-state index is 0.0226. The Hall–Kier alpha value is -2.00. The van der Waals surface area contributed by atoms with Gasteiger partial charge in [-0.15, -0.1) is 0 Å². The van der Waals surface area contributed by atoms with E-state index in [4.69, 9.17) is 14.2 Å². The number of ether oxygens (including phenoxy) is 3. The van der Waals surface area contributed by atoms with Crippen LogP contribution in [0.2, 0.25) is 0 Å². The van der Waals surface area contributed by atoms with E-state index in [1.165, 1.54) is 6.07 Å². The van der Waals surface area contributed by atoms with Gasteiger partial charge in [0, 0.05) is 47.4 Å². The van der Waals surface area contributed by atoms with Crippen LogP contribution in [-0.2, 0) is 22.6 Å². The van der Waals surface area contributed by atoms with Gasteiger partial charge in [0.15, 0.2) is 6.79 Å². The Labute approximate surface area is 165 Å². The van der Waals surface area contributed by atoms with Gasteiger partial charge >= 0.3 is 0 Å². The van der Waals surface area contributed by atoms with Gasteiger partial charge in [-0.2, -0.15) is 0 Å². The Kier molecular flexibility index (Phi) is 5.40. The van der Waals surface area contributed by atoms with E-state index in [1.807, 2.05) is 24.3 Å². The number of nitrogens with zero attached hydrogens (tertiary/aromatic N) is 2. The molecule has 0 bridgehead atoms. The number of hydrogen-bond donors (Lipinski definition) is 0. The number of nitro groups is 1. The van der Waals surface area contributed by atoms with Crippen molar-refractivity contribution in [2.75, 3.05) is 26.5 Å². The minimum Gasteiger partial charge on any atom is -0.467 e. The Balaban J connectivity index is 1.55. The van der Waals surface area contributed by atoms with Crippen molar-refractivity contribution in [3.05, 3.63) is 67.7 Å². The fourth-order valence-corrected chi connectivity index (χ4v) is 3.73. The lowest BCUT2D eigenvalue weighted by molar-refractivity contribution is -0.385. The topological polar surface area (TPSA) is 74.1 Å². The second-order valence-corrected chi connectivity index (χ2v) is 7.52. The van der Waals surface area contributed by atoms with E-state index in [-0.39, 0.29) is 23.5 Å². The van der Waals surface area contributed by atoms with E-state index in [0.717, 1.165) is 34.3 Å². The molecule has 7 nitrogen and oxygen atoms in total. The maximum Gasteiger partial charge on any atom is 0.270 e. The zero-order valence-electron chi connectivity index (χ0n) is 14.6. The molecule has 142 valence electrons. The SMILES string of the molecule is O=[N+]([O-])c1cc2c(c(CN3CCOC(c4ccc(Br)cc4)C3)c1)OCOC2. The van der Waals surface area contributed by atoms with Crippen LogP contribution >= 0.6 is 15.9 Å². The molecule has 1 fully saturated rings. The third kappa shape index (κ3) is 4.14. The lowest BCUT2D eigenvalue weighted by atomic mass is 10.0. The van der Waals surface area contributed by atoms with E-state index in [2.05, 4.69) is 20.8 Å². The van der Waals surface area contributed by atoms with Crippen LogP contribution in [0, 0.1) is 10.1 Å². The molecule has 0 aromatic heterocycles. The summed E-state index contributed by atoms with van der Waals surface area (Å²) in [6, 6.07) is 11.2.